The van der Waals surface area contributed by atoms with E-state index in [0.717, 1.165) is 19.4 Å². The second kappa shape index (κ2) is 4.98. The van der Waals surface area contributed by atoms with Crippen LogP contribution in [0.3, 0.4) is 0 Å². The molecular weight excluding hydrogens is 182 g/mol. The lowest BCUT2D eigenvalue weighted by Crippen LogP contribution is -2.38. The van der Waals surface area contributed by atoms with Gasteiger partial charge in [-0.25, -0.2) is 0 Å². The molecule has 1 saturated heterocycles. The number of piperidine rings is 1. The van der Waals surface area contributed by atoms with Gasteiger partial charge in [0.1, 0.15) is 0 Å². The zero-order valence-electron chi connectivity index (χ0n) is 8.53. The number of amides is 1. The predicted octanol–water partition coefficient (Wildman–Crippen LogP) is 1.11. The van der Waals surface area contributed by atoms with Crippen molar-refractivity contribution in [2.45, 2.75) is 32.6 Å². The van der Waals surface area contributed by atoms with E-state index in [9.17, 15) is 9.59 Å². The molecule has 0 spiro atoms. The summed E-state index contributed by atoms with van der Waals surface area (Å²) in [5.74, 6) is -0.565. The number of carbonyl (C=O) groups excluding carboxylic acids is 1. The third kappa shape index (κ3) is 3.36. The van der Waals surface area contributed by atoms with Crippen molar-refractivity contribution in [2.24, 2.45) is 5.92 Å². The first-order chi connectivity index (χ1) is 6.59. The van der Waals surface area contributed by atoms with Gasteiger partial charge in [-0.15, -0.1) is 0 Å². The quantitative estimate of drug-likeness (QED) is 0.737. The van der Waals surface area contributed by atoms with E-state index in [1.54, 1.807) is 4.90 Å². The van der Waals surface area contributed by atoms with Crippen molar-refractivity contribution in [3.8, 4) is 0 Å². The molecule has 1 rings (SSSR count). The summed E-state index contributed by atoms with van der Waals surface area (Å²) in [6.07, 6.45) is 2.79. The van der Waals surface area contributed by atoms with Gasteiger partial charge >= 0.3 is 5.97 Å². The number of carboxylic acid groups (broad SMARTS) is 1. The van der Waals surface area contributed by atoms with Crippen molar-refractivity contribution in [2.75, 3.05) is 13.1 Å². The van der Waals surface area contributed by atoms with E-state index in [2.05, 4.69) is 0 Å². The topological polar surface area (TPSA) is 57.6 Å². The standard InChI is InChI=1S/C10H17NO3/c1-8(6-10(13)14)7-11-5-3-2-4-9(11)12/h8H,2-7H2,1H3,(H,13,14). The average Bonchev–Trinajstić information content (AvgIpc) is 2.07. The molecule has 14 heavy (non-hydrogen) atoms. The third-order valence-corrected chi connectivity index (χ3v) is 2.48. The summed E-state index contributed by atoms with van der Waals surface area (Å²) >= 11 is 0. The molecule has 1 fully saturated rings. The van der Waals surface area contributed by atoms with Crippen molar-refractivity contribution in [1.82, 2.24) is 4.90 Å². The fourth-order valence-electron chi connectivity index (χ4n) is 1.79. The molecule has 0 saturated carbocycles. The zero-order valence-corrected chi connectivity index (χ0v) is 8.53. The molecule has 0 aliphatic carbocycles. The van der Waals surface area contributed by atoms with Gasteiger partial charge in [0.2, 0.25) is 5.91 Å². The summed E-state index contributed by atoms with van der Waals surface area (Å²) in [6, 6.07) is 0. The minimum Gasteiger partial charge on any atom is -0.481 e. The van der Waals surface area contributed by atoms with Crippen molar-refractivity contribution in [3.05, 3.63) is 0 Å². The normalized spacial score (nSPS) is 19.5. The summed E-state index contributed by atoms with van der Waals surface area (Å²) in [5.41, 5.74) is 0. The van der Waals surface area contributed by atoms with Crippen LogP contribution in [0.1, 0.15) is 32.6 Å². The van der Waals surface area contributed by atoms with Gasteiger partial charge in [0.25, 0.3) is 0 Å². The van der Waals surface area contributed by atoms with Crippen molar-refractivity contribution < 1.29 is 14.7 Å². The lowest BCUT2D eigenvalue weighted by Gasteiger charge is -2.28. The van der Waals surface area contributed by atoms with Crippen molar-refractivity contribution in [3.63, 3.8) is 0 Å². The molecule has 1 unspecified atom stereocenters. The van der Waals surface area contributed by atoms with E-state index in [1.807, 2.05) is 6.92 Å². The number of nitrogens with zero attached hydrogens (tertiary/aromatic N) is 1. The Labute approximate surface area is 83.9 Å². The fraction of sp³-hybridized carbons (Fsp3) is 0.800. The van der Waals surface area contributed by atoms with Crippen molar-refractivity contribution in [1.29, 1.82) is 0 Å². The molecule has 4 heteroatoms. The number of hydrogen-bond acceptors (Lipinski definition) is 2. The van der Waals surface area contributed by atoms with Crippen LogP contribution in [0.2, 0.25) is 0 Å². The highest BCUT2D eigenvalue weighted by molar-refractivity contribution is 5.76. The Morgan fingerprint density at radius 1 is 1.57 bits per heavy atom. The summed E-state index contributed by atoms with van der Waals surface area (Å²) in [7, 11) is 0. The number of carbonyl (C=O) groups is 2. The van der Waals surface area contributed by atoms with Gasteiger partial charge in [0, 0.05) is 25.9 Å². The molecule has 0 radical (unpaired) electrons. The smallest absolute Gasteiger partial charge is 0.303 e. The van der Waals surface area contributed by atoms with Gasteiger partial charge in [-0.3, -0.25) is 9.59 Å². The van der Waals surface area contributed by atoms with Crippen LogP contribution in [-0.2, 0) is 9.59 Å². The summed E-state index contributed by atoms with van der Waals surface area (Å²) in [4.78, 5) is 23.6. The number of hydrogen-bond donors (Lipinski definition) is 1. The van der Waals surface area contributed by atoms with Crippen LogP contribution in [0.5, 0.6) is 0 Å². The molecule has 0 aromatic heterocycles. The first-order valence-corrected chi connectivity index (χ1v) is 5.09. The van der Waals surface area contributed by atoms with Crippen LogP contribution >= 0.6 is 0 Å². The minimum atomic E-state index is -0.790. The molecule has 1 atom stereocenters. The summed E-state index contributed by atoms with van der Waals surface area (Å²) in [5, 5.41) is 8.58. The Balaban J connectivity index is 2.34. The largest absolute Gasteiger partial charge is 0.481 e. The average molecular weight is 199 g/mol. The molecule has 0 aromatic carbocycles. The highest BCUT2D eigenvalue weighted by atomic mass is 16.4. The van der Waals surface area contributed by atoms with E-state index in [1.165, 1.54) is 0 Å². The van der Waals surface area contributed by atoms with Crippen LogP contribution in [0.4, 0.5) is 0 Å². The van der Waals surface area contributed by atoms with Crippen LogP contribution in [0.15, 0.2) is 0 Å². The van der Waals surface area contributed by atoms with Gasteiger partial charge in [-0.1, -0.05) is 6.92 Å². The van der Waals surface area contributed by atoms with Gasteiger partial charge in [0.15, 0.2) is 0 Å². The Morgan fingerprint density at radius 2 is 2.29 bits per heavy atom. The lowest BCUT2D eigenvalue weighted by molar-refractivity contribution is -0.140. The molecule has 1 N–H and O–H groups in total. The van der Waals surface area contributed by atoms with Gasteiger partial charge < -0.3 is 10.0 Å². The maximum Gasteiger partial charge on any atom is 0.303 e. The Kier molecular flexibility index (Phi) is 3.92. The molecule has 1 heterocycles. The van der Waals surface area contributed by atoms with Gasteiger partial charge in [0.05, 0.1) is 0 Å². The fourth-order valence-corrected chi connectivity index (χ4v) is 1.79. The monoisotopic (exact) mass is 199 g/mol. The second-order valence-electron chi connectivity index (χ2n) is 4.00. The van der Waals surface area contributed by atoms with E-state index in [0.29, 0.717) is 13.0 Å². The van der Waals surface area contributed by atoms with E-state index in [4.69, 9.17) is 5.11 Å². The maximum absolute atomic E-state index is 11.4. The van der Waals surface area contributed by atoms with Crippen LogP contribution < -0.4 is 0 Å². The van der Waals surface area contributed by atoms with Gasteiger partial charge in [-0.05, 0) is 18.8 Å². The number of rotatable bonds is 4. The maximum atomic E-state index is 11.4. The lowest BCUT2D eigenvalue weighted by atomic mass is 10.0. The highest BCUT2D eigenvalue weighted by Crippen LogP contribution is 2.13. The second-order valence-corrected chi connectivity index (χ2v) is 4.00. The zero-order chi connectivity index (χ0) is 10.6. The van der Waals surface area contributed by atoms with Crippen LogP contribution in [-0.4, -0.2) is 35.0 Å². The molecule has 1 amide bonds. The van der Waals surface area contributed by atoms with Crippen LogP contribution in [0.25, 0.3) is 0 Å². The van der Waals surface area contributed by atoms with E-state index >= 15 is 0 Å². The Bertz CT molecular complexity index is 227. The first-order valence-electron chi connectivity index (χ1n) is 5.09. The molecule has 0 bridgehead atoms. The molecule has 0 aromatic rings. The number of carboxylic acids is 1. The molecule has 1 aliphatic heterocycles. The summed E-state index contributed by atoms with van der Waals surface area (Å²) < 4.78 is 0. The first kappa shape index (κ1) is 11.0. The molecular formula is C10H17NO3. The molecule has 1 aliphatic rings. The highest BCUT2D eigenvalue weighted by Gasteiger charge is 2.20. The van der Waals surface area contributed by atoms with Crippen molar-refractivity contribution >= 4 is 11.9 Å². The molecule has 80 valence electrons. The van der Waals surface area contributed by atoms with Crippen LogP contribution in [0, 0.1) is 5.92 Å². The Morgan fingerprint density at radius 3 is 2.86 bits per heavy atom. The number of likely N-dealkylation sites (tertiary alicyclic amines) is 1. The predicted molar refractivity (Wildman–Crippen MR) is 51.8 cm³/mol. The van der Waals surface area contributed by atoms with E-state index in [-0.39, 0.29) is 18.2 Å². The number of aliphatic carboxylic acids is 1. The third-order valence-electron chi connectivity index (χ3n) is 2.48. The SMILES string of the molecule is CC(CC(=O)O)CN1CCCCC1=O. The van der Waals surface area contributed by atoms with E-state index < -0.39 is 5.97 Å². The Hall–Kier alpha value is -1.06. The minimum absolute atomic E-state index is 0.0505. The van der Waals surface area contributed by atoms with Gasteiger partial charge in [-0.2, -0.15) is 0 Å². The molecule has 4 nitrogen and oxygen atoms in total. The summed E-state index contributed by atoms with van der Waals surface area (Å²) in [6.45, 7) is 3.25.